The van der Waals surface area contributed by atoms with Crippen molar-refractivity contribution in [2.45, 2.75) is 52.5 Å². The Morgan fingerprint density at radius 2 is 2.05 bits per heavy atom. The van der Waals surface area contributed by atoms with Crippen molar-refractivity contribution in [1.82, 2.24) is 15.3 Å². The molecule has 1 aliphatic rings. The van der Waals surface area contributed by atoms with Crippen LogP contribution in [0.15, 0.2) is 6.33 Å². The van der Waals surface area contributed by atoms with Gasteiger partial charge in [-0.1, -0.05) is 13.8 Å². The largest absolute Gasteiger partial charge is 0.354 e. The lowest BCUT2D eigenvalue weighted by molar-refractivity contribution is 0.310. The van der Waals surface area contributed by atoms with E-state index < -0.39 is 0 Å². The van der Waals surface area contributed by atoms with E-state index >= 15 is 0 Å². The Hall–Kier alpha value is -1.23. The number of piperidine rings is 1. The summed E-state index contributed by atoms with van der Waals surface area (Å²) in [5.74, 6) is 0.911. The maximum Gasteiger partial charge on any atom is 0.187 e. The van der Waals surface area contributed by atoms with Gasteiger partial charge in [-0.3, -0.25) is 0 Å². The average molecular weight is 294 g/mol. The molecule has 0 aliphatic carbocycles. The molecular weight excluding hydrogens is 267 g/mol. The molecule has 0 bridgehead atoms. The third-order valence-electron chi connectivity index (χ3n) is 4.44. The Bertz CT molecular complexity index is 444. The summed E-state index contributed by atoms with van der Waals surface area (Å²) in [6.07, 6.45) is 5.42. The number of rotatable bonds is 6. The molecular formula is C16H27FN4. The molecule has 1 N–H and O–H groups in total. The van der Waals surface area contributed by atoms with Gasteiger partial charge in [0.25, 0.3) is 0 Å². The molecule has 0 aromatic carbocycles. The van der Waals surface area contributed by atoms with Crippen LogP contribution in [0, 0.1) is 11.7 Å². The number of aryl methyl sites for hydroxylation is 1. The second-order valence-corrected chi connectivity index (χ2v) is 5.88. The fourth-order valence-electron chi connectivity index (χ4n) is 3.01. The fourth-order valence-corrected chi connectivity index (χ4v) is 3.01. The zero-order chi connectivity index (χ0) is 15.2. The highest BCUT2D eigenvalue weighted by Crippen LogP contribution is 2.26. The molecule has 21 heavy (non-hydrogen) atoms. The van der Waals surface area contributed by atoms with Crippen LogP contribution in [0.1, 0.15) is 45.7 Å². The van der Waals surface area contributed by atoms with E-state index in [1.807, 2.05) is 6.92 Å². The van der Waals surface area contributed by atoms with E-state index in [9.17, 15) is 4.39 Å². The van der Waals surface area contributed by atoms with Crippen molar-refractivity contribution in [3.05, 3.63) is 17.8 Å². The van der Waals surface area contributed by atoms with Gasteiger partial charge < -0.3 is 10.2 Å². The summed E-state index contributed by atoms with van der Waals surface area (Å²) in [5, 5.41) is 3.57. The van der Waals surface area contributed by atoms with Crippen LogP contribution in [0.25, 0.3) is 0 Å². The monoisotopic (exact) mass is 294 g/mol. The summed E-state index contributed by atoms with van der Waals surface area (Å²) >= 11 is 0. The van der Waals surface area contributed by atoms with Crippen molar-refractivity contribution in [3.63, 3.8) is 0 Å². The van der Waals surface area contributed by atoms with Gasteiger partial charge in [0.1, 0.15) is 6.33 Å². The fraction of sp³-hybridized carbons (Fsp3) is 0.750. The first kappa shape index (κ1) is 16.1. The third-order valence-corrected chi connectivity index (χ3v) is 4.44. The van der Waals surface area contributed by atoms with E-state index in [2.05, 4.69) is 34.0 Å². The van der Waals surface area contributed by atoms with Gasteiger partial charge in [0.15, 0.2) is 11.6 Å². The predicted octanol–water partition coefficient (Wildman–Crippen LogP) is 2.78. The second-order valence-electron chi connectivity index (χ2n) is 5.88. The predicted molar refractivity (Wildman–Crippen MR) is 84.1 cm³/mol. The number of anilines is 1. The topological polar surface area (TPSA) is 41.0 Å². The van der Waals surface area contributed by atoms with Crippen LogP contribution in [0.4, 0.5) is 10.2 Å². The number of halogens is 1. The van der Waals surface area contributed by atoms with Crippen molar-refractivity contribution in [3.8, 4) is 0 Å². The summed E-state index contributed by atoms with van der Waals surface area (Å²) in [7, 11) is 0. The molecule has 1 atom stereocenters. The zero-order valence-electron chi connectivity index (χ0n) is 13.4. The van der Waals surface area contributed by atoms with Crippen molar-refractivity contribution >= 4 is 5.82 Å². The number of hydrogen-bond acceptors (Lipinski definition) is 4. The van der Waals surface area contributed by atoms with E-state index in [-0.39, 0.29) is 5.82 Å². The van der Waals surface area contributed by atoms with Crippen LogP contribution in [0.5, 0.6) is 0 Å². The van der Waals surface area contributed by atoms with Gasteiger partial charge in [0.2, 0.25) is 0 Å². The number of hydrogen-bond donors (Lipinski definition) is 1. The lowest BCUT2D eigenvalue weighted by Crippen LogP contribution is -2.42. The Kier molecular flexibility index (Phi) is 5.91. The standard InChI is InChI=1S/C16H27FN4/c1-4-8-18-12(3)13-6-9-21(10-7-13)16-15(17)14(5-2)19-11-20-16/h11-13,18H,4-10H2,1-3H3. The molecule has 0 amide bonds. The lowest BCUT2D eigenvalue weighted by Gasteiger charge is -2.36. The molecule has 0 radical (unpaired) electrons. The van der Waals surface area contributed by atoms with Gasteiger partial charge >= 0.3 is 0 Å². The van der Waals surface area contributed by atoms with Crippen LogP contribution in [0.2, 0.25) is 0 Å². The highest BCUT2D eigenvalue weighted by Gasteiger charge is 2.26. The van der Waals surface area contributed by atoms with Gasteiger partial charge in [-0.15, -0.1) is 0 Å². The summed E-state index contributed by atoms with van der Waals surface area (Å²) in [6.45, 7) is 9.19. The maximum atomic E-state index is 14.3. The SMILES string of the molecule is CCCNC(C)C1CCN(c2ncnc(CC)c2F)CC1. The van der Waals surface area contributed by atoms with E-state index in [1.54, 1.807) is 0 Å². The summed E-state index contributed by atoms with van der Waals surface area (Å²) in [4.78, 5) is 10.2. The van der Waals surface area contributed by atoms with E-state index in [4.69, 9.17) is 0 Å². The molecule has 1 fully saturated rings. The Morgan fingerprint density at radius 1 is 1.33 bits per heavy atom. The normalized spacial score (nSPS) is 18.0. The van der Waals surface area contributed by atoms with Crippen molar-refractivity contribution in [2.75, 3.05) is 24.5 Å². The molecule has 0 saturated carbocycles. The van der Waals surface area contributed by atoms with Crippen LogP contribution in [0.3, 0.4) is 0 Å². The number of nitrogens with one attached hydrogen (secondary N) is 1. The Labute approximate surface area is 127 Å². The van der Waals surface area contributed by atoms with Crippen LogP contribution in [-0.2, 0) is 6.42 Å². The zero-order valence-corrected chi connectivity index (χ0v) is 13.4. The minimum Gasteiger partial charge on any atom is -0.354 e. The molecule has 1 aromatic rings. The minimum atomic E-state index is -0.240. The van der Waals surface area contributed by atoms with Crippen LogP contribution >= 0.6 is 0 Å². The molecule has 118 valence electrons. The van der Waals surface area contributed by atoms with E-state index in [0.717, 1.165) is 38.9 Å². The first-order valence-corrected chi connectivity index (χ1v) is 8.15. The number of nitrogens with zero attached hydrogens (tertiary/aromatic N) is 3. The highest BCUT2D eigenvalue weighted by atomic mass is 19.1. The smallest absolute Gasteiger partial charge is 0.187 e. The lowest BCUT2D eigenvalue weighted by atomic mass is 9.90. The first-order valence-electron chi connectivity index (χ1n) is 8.15. The van der Waals surface area contributed by atoms with Crippen LogP contribution < -0.4 is 10.2 Å². The van der Waals surface area contributed by atoms with Crippen molar-refractivity contribution in [2.24, 2.45) is 5.92 Å². The van der Waals surface area contributed by atoms with Crippen LogP contribution in [-0.4, -0.2) is 35.6 Å². The molecule has 1 aromatic heterocycles. The molecule has 0 spiro atoms. The third kappa shape index (κ3) is 3.90. The van der Waals surface area contributed by atoms with E-state index in [1.165, 1.54) is 6.33 Å². The molecule has 2 rings (SSSR count). The summed E-state index contributed by atoms with van der Waals surface area (Å²) in [5.41, 5.74) is 0.514. The minimum absolute atomic E-state index is 0.240. The summed E-state index contributed by atoms with van der Waals surface area (Å²) in [6, 6.07) is 0.536. The Balaban J connectivity index is 1.95. The maximum absolute atomic E-state index is 14.3. The van der Waals surface area contributed by atoms with Gasteiger partial charge in [-0.05, 0) is 45.1 Å². The molecule has 1 saturated heterocycles. The molecule has 5 heteroatoms. The first-order chi connectivity index (χ1) is 10.2. The number of aromatic nitrogens is 2. The molecule has 1 aliphatic heterocycles. The second kappa shape index (κ2) is 7.69. The van der Waals surface area contributed by atoms with Crippen molar-refractivity contribution < 1.29 is 4.39 Å². The highest BCUT2D eigenvalue weighted by molar-refractivity contribution is 5.41. The quantitative estimate of drug-likeness (QED) is 0.876. The Morgan fingerprint density at radius 3 is 2.67 bits per heavy atom. The van der Waals surface area contributed by atoms with E-state index in [0.29, 0.717) is 29.9 Å². The van der Waals surface area contributed by atoms with Gasteiger partial charge in [-0.25, -0.2) is 14.4 Å². The molecule has 4 nitrogen and oxygen atoms in total. The summed E-state index contributed by atoms with van der Waals surface area (Å²) < 4.78 is 14.3. The molecule has 1 unspecified atom stereocenters. The van der Waals surface area contributed by atoms with Gasteiger partial charge in [-0.2, -0.15) is 0 Å². The average Bonchev–Trinajstić information content (AvgIpc) is 2.53. The van der Waals surface area contributed by atoms with Gasteiger partial charge in [0, 0.05) is 19.1 Å². The van der Waals surface area contributed by atoms with Crippen molar-refractivity contribution in [1.29, 1.82) is 0 Å². The molecule has 2 heterocycles. The van der Waals surface area contributed by atoms with Gasteiger partial charge in [0.05, 0.1) is 5.69 Å².